The molecule has 8 heteroatoms. The molecule has 3 N–H and O–H groups in total. The summed E-state index contributed by atoms with van der Waals surface area (Å²) in [6.45, 7) is 0. The van der Waals surface area contributed by atoms with E-state index in [1.807, 2.05) is 6.07 Å². The van der Waals surface area contributed by atoms with Crippen molar-refractivity contribution in [2.75, 3.05) is 4.90 Å². The molecule has 0 aromatic heterocycles. The Bertz CT molecular complexity index is 1260. The number of hydrogen-bond donors (Lipinski definition) is 3. The molecule has 8 nitrogen and oxygen atoms in total. The summed E-state index contributed by atoms with van der Waals surface area (Å²) >= 11 is 0. The van der Waals surface area contributed by atoms with Crippen LogP contribution in [0.25, 0.3) is 0 Å². The topological polar surface area (TPSA) is 132 Å². The van der Waals surface area contributed by atoms with E-state index in [0.29, 0.717) is 10.5 Å². The maximum absolute atomic E-state index is 13.2. The summed E-state index contributed by atoms with van der Waals surface area (Å²) in [5.41, 5.74) is -0.610. The van der Waals surface area contributed by atoms with Crippen molar-refractivity contribution in [1.82, 2.24) is 0 Å². The van der Waals surface area contributed by atoms with Gasteiger partial charge in [0.25, 0.3) is 11.8 Å². The number of fused-ring (bicyclic) bond motifs is 1. The minimum atomic E-state index is -1.53. The lowest BCUT2D eigenvalue weighted by Gasteiger charge is -2.21. The van der Waals surface area contributed by atoms with Crippen LogP contribution in [0, 0.1) is 0 Å². The van der Waals surface area contributed by atoms with E-state index < -0.39 is 35.1 Å². The number of carbonyl (C=O) groups is 4. The average molecular weight is 417 g/mol. The molecule has 0 spiro atoms. The van der Waals surface area contributed by atoms with Crippen molar-refractivity contribution in [3.8, 4) is 5.75 Å². The predicted octanol–water partition coefficient (Wildman–Crippen LogP) is 3.18. The number of anilines is 1. The highest BCUT2D eigenvalue weighted by molar-refractivity contribution is 6.37. The second-order valence-corrected chi connectivity index (χ2v) is 6.91. The fraction of sp³-hybridized carbons (Fsp3) is 0.0435. The van der Waals surface area contributed by atoms with Crippen LogP contribution < -0.4 is 4.90 Å². The summed E-state index contributed by atoms with van der Waals surface area (Å²) < 4.78 is 0. The van der Waals surface area contributed by atoms with E-state index in [9.17, 15) is 34.5 Å². The molecule has 31 heavy (non-hydrogen) atoms. The van der Waals surface area contributed by atoms with E-state index in [0.717, 1.165) is 5.56 Å². The van der Waals surface area contributed by atoms with Crippen LogP contribution >= 0.6 is 0 Å². The molecule has 0 fully saturated rings. The summed E-state index contributed by atoms with van der Waals surface area (Å²) in [5, 5.41) is 29.4. The van der Waals surface area contributed by atoms with Gasteiger partial charge < -0.3 is 15.3 Å². The second kappa shape index (κ2) is 7.42. The van der Waals surface area contributed by atoms with Crippen LogP contribution in [0.1, 0.15) is 52.6 Å². The molecule has 0 unspecified atom stereocenters. The summed E-state index contributed by atoms with van der Waals surface area (Å²) in [6.07, 6.45) is 0.177. The van der Waals surface area contributed by atoms with Gasteiger partial charge in [-0.2, -0.15) is 0 Å². The van der Waals surface area contributed by atoms with E-state index >= 15 is 0 Å². The van der Waals surface area contributed by atoms with E-state index in [1.54, 1.807) is 24.3 Å². The molecule has 0 saturated carbocycles. The Morgan fingerprint density at radius 3 is 2.16 bits per heavy atom. The number of rotatable bonds is 5. The normalized spacial score (nSPS) is 12.7. The van der Waals surface area contributed by atoms with Crippen molar-refractivity contribution >= 4 is 29.4 Å². The number of benzene rings is 3. The number of aromatic hydroxyl groups is 1. The molecule has 0 saturated heterocycles. The van der Waals surface area contributed by atoms with Crippen LogP contribution in [0.15, 0.2) is 60.7 Å². The first-order valence-corrected chi connectivity index (χ1v) is 9.18. The lowest BCUT2D eigenvalue weighted by molar-refractivity contribution is 0.0681. The maximum Gasteiger partial charge on any atom is 0.341 e. The van der Waals surface area contributed by atoms with Gasteiger partial charge >= 0.3 is 11.9 Å². The van der Waals surface area contributed by atoms with Gasteiger partial charge in [0.05, 0.1) is 22.4 Å². The van der Waals surface area contributed by atoms with Gasteiger partial charge in [0.1, 0.15) is 11.3 Å². The lowest BCUT2D eigenvalue weighted by atomic mass is 9.98. The van der Waals surface area contributed by atoms with Crippen LogP contribution in [0.4, 0.5) is 5.69 Å². The van der Waals surface area contributed by atoms with Crippen molar-refractivity contribution in [2.45, 2.75) is 6.42 Å². The van der Waals surface area contributed by atoms with Crippen molar-refractivity contribution in [1.29, 1.82) is 0 Å². The van der Waals surface area contributed by atoms with Gasteiger partial charge in [-0.15, -0.1) is 0 Å². The van der Waals surface area contributed by atoms with Gasteiger partial charge in [0, 0.05) is 0 Å². The molecule has 3 aromatic carbocycles. The zero-order valence-electron chi connectivity index (χ0n) is 15.9. The largest absolute Gasteiger partial charge is 0.507 e. The Hall–Kier alpha value is -4.46. The smallest absolute Gasteiger partial charge is 0.341 e. The number of amides is 2. The fourth-order valence-corrected chi connectivity index (χ4v) is 3.72. The molecule has 0 radical (unpaired) electrons. The first kappa shape index (κ1) is 19.8. The number of carboxylic acid groups (broad SMARTS) is 2. The van der Waals surface area contributed by atoms with E-state index in [4.69, 9.17) is 0 Å². The van der Waals surface area contributed by atoms with Gasteiger partial charge in [0.15, 0.2) is 0 Å². The highest BCUT2D eigenvalue weighted by Crippen LogP contribution is 2.39. The Labute approximate surface area is 175 Å². The van der Waals surface area contributed by atoms with Gasteiger partial charge in [0.2, 0.25) is 0 Å². The summed E-state index contributed by atoms with van der Waals surface area (Å²) in [6, 6.07) is 15.4. The average Bonchev–Trinajstić information content (AvgIpc) is 3.00. The Balaban J connectivity index is 1.95. The number of hydrogen-bond acceptors (Lipinski definition) is 5. The van der Waals surface area contributed by atoms with E-state index in [1.165, 1.54) is 30.3 Å². The monoisotopic (exact) mass is 417 g/mol. The van der Waals surface area contributed by atoms with Crippen LogP contribution in [0.3, 0.4) is 0 Å². The van der Waals surface area contributed by atoms with Gasteiger partial charge in [-0.3, -0.25) is 9.59 Å². The molecule has 154 valence electrons. The summed E-state index contributed by atoms with van der Waals surface area (Å²) in [5.74, 6) is -5.35. The minimum absolute atomic E-state index is 0.143. The third-order valence-electron chi connectivity index (χ3n) is 5.06. The first-order valence-electron chi connectivity index (χ1n) is 9.18. The molecule has 0 aliphatic carbocycles. The van der Waals surface area contributed by atoms with Crippen molar-refractivity contribution in [2.24, 2.45) is 0 Å². The van der Waals surface area contributed by atoms with Crippen LogP contribution in [-0.2, 0) is 6.42 Å². The Morgan fingerprint density at radius 2 is 1.52 bits per heavy atom. The van der Waals surface area contributed by atoms with Crippen LogP contribution in [0.2, 0.25) is 0 Å². The molecule has 3 aromatic rings. The van der Waals surface area contributed by atoms with Crippen LogP contribution in [0.5, 0.6) is 5.75 Å². The Kier molecular flexibility index (Phi) is 4.75. The highest BCUT2D eigenvalue weighted by Gasteiger charge is 2.42. The molecule has 4 rings (SSSR count). The second-order valence-electron chi connectivity index (χ2n) is 6.91. The first-order chi connectivity index (χ1) is 14.8. The minimum Gasteiger partial charge on any atom is -0.507 e. The number of carboxylic acids is 2. The Morgan fingerprint density at radius 1 is 0.806 bits per heavy atom. The number of nitrogens with zero attached hydrogens (tertiary/aromatic N) is 1. The zero-order valence-corrected chi connectivity index (χ0v) is 15.9. The van der Waals surface area contributed by atoms with Gasteiger partial charge in [-0.1, -0.05) is 42.5 Å². The van der Waals surface area contributed by atoms with E-state index in [-0.39, 0.29) is 28.8 Å². The number of imide groups is 1. The van der Waals surface area contributed by atoms with Crippen LogP contribution in [-0.4, -0.2) is 39.1 Å². The molecular weight excluding hydrogens is 402 g/mol. The molecule has 0 atom stereocenters. The highest BCUT2D eigenvalue weighted by atomic mass is 16.4. The SMILES string of the molecule is O=C(O)c1cccc2c1C(=O)N(c1c(Cc3ccccc3)ccc(O)c1C(=O)O)C2=O. The molecule has 0 bridgehead atoms. The molecule has 1 aliphatic rings. The molecule has 2 amide bonds. The maximum atomic E-state index is 13.2. The zero-order chi connectivity index (χ0) is 22.3. The third kappa shape index (κ3) is 3.20. The quantitative estimate of drug-likeness (QED) is 0.543. The standard InChI is InChI=1S/C23H15NO7/c25-16-10-9-13(11-12-5-2-1-3-6-12)19(18(16)23(30)31)24-20(26)14-7-4-8-15(22(28)29)17(14)21(24)27/h1-10,25H,11H2,(H,28,29)(H,30,31). The van der Waals surface area contributed by atoms with Gasteiger partial charge in [-0.25, -0.2) is 14.5 Å². The van der Waals surface area contributed by atoms with Crippen molar-refractivity contribution < 1.29 is 34.5 Å². The predicted molar refractivity (Wildman–Crippen MR) is 109 cm³/mol. The fourth-order valence-electron chi connectivity index (χ4n) is 3.72. The summed E-state index contributed by atoms with van der Waals surface area (Å²) in [4.78, 5) is 50.5. The summed E-state index contributed by atoms with van der Waals surface area (Å²) in [7, 11) is 0. The van der Waals surface area contributed by atoms with Crippen molar-refractivity contribution in [3.05, 3.63) is 94.0 Å². The van der Waals surface area contributed by atoms with E-state index in [2.05, 4.69) is 0 Å². The van der Waals surface area contributed by atoms with Crippen molar-refractivity contribution in [3.63, 3.8) is 0 Å². The number of aromatic carboxylic acids is 2. The molecular formula is C23H15NO7. The molecule has 1 aliphatic heterocycles. The number of carbonyl (C=O) groups excluding carboxylic acids is 2. The number of phenols is 1. The lowest BCUT2D eigenvalue weighted by Crippen LogP contribution is -2.32. The van der Waals surface area contributed by atoms with Gasteiger partial charge in [-0.05, 0) is 35.7 Å². The molecule has 1 heterocycles. The third-order valence-corrected chi connectivity index (χ3v) is 5.06.